The first kappa shape index (κ1) is 25.1. The summed E-state index contributed by atoms with van der Waals surface area (Å²) in [5, 5.41) is 17.0. The Bertz CT molecular complexity index is 1390. The number of piperidine rings is 1. The van der Waals surface area contributed by atoms with Crippen molar-refractivity contribution in [3.63, 3.8) is 0 Å². The second kappa shape index (κ2) is 9.91. The lowest BCUT2D eigenvalue weighted by Crippen LogP contribution is -2.53. The average Bonchev–Trinajstić information content (AvgIpc) is 3.18. The first-order valence-electron chi connectivity index (χ1n) is 11.3. The number of thiazole rings is 1. The van der Waals surface area contributed by atoms with Crippen molar-refractivity contribution in [1.82, 2.24) is 4.57 Å². The molecule has 2 heterocycles. The van der Waals surface area contributed by atoms with Crippen LogP contribution in [0.15, 0.2) is 52.6 Å². The van der Waals surface area contributed by atoms with Gasteiger partial charge < -0.3 is 9.67 Å². The maximum Gasteiger partial charge on any atom is 0.340 e. The smallest absolute Gasteiger partial charge is 0.340 e. The fourth-order valence-electron chi connectivity index (χ4n) is 4.27. The van der Waals surface area contributed by atoms with Crippen LogP contribution < -0.4 is 4.80 Å². The number of likely N-dealkylation sites (tertiary alicyclic amines) is 1. The Morgan fingerprint density at radius 2 is 1.85 bits per heavy atom. The van der Waals surface area contributed by atoms with Crippen molar-refractivity contribution in [1.29, 1.82) is 0 Å². The van der Waals surface area contributed by atoms with Gasteiger partial charge in [-0.3, -0.25) is 0 Å². The summed E-state index contributed by atoms with van der Waals surface area (Å²) in [6, 6.07) is 10.2. The van der Waals surface area contributed by atoms with Crippen LogP contribution in [0.2, 0.25) is 5.02 Å². The molecule has 10 heteroatoms. The molecule has 1 atom stereocenters. The van der Waals surface area contributed by atoms with E-state index in [1.165, 1.54) is 11.3 Å². The van der Waals surface area contributed by atoms with E-state index in [1.807, 2.05) is 17.8 Å². The van der Waals surface area contributed by atoms with Crippen LogP contribution >= 0.6 is 22.9 Å². The van der Waals surface area contributed by atoms with Gasteiger partial charge in [0.2, 0.25) is 4.80 Å². The second-order valence-corrected chi connectivity index (χ2v) is 12.4. The molecule has 1 unspecified atom stereocenters. The minimum absolute atomic E-state index is 0.0979. The molecule has 0 radical (unpaired) electrons. The molecule has 0 spiro atoms. The van der Waals surface area contributed by atoms with E-state index in [2.05, 4.69) is 0 Å². The zero-order chi connectivity index (χ0) is 24.5. The van der Waals surface area contributed by atoms with Crippen molar-refractivity contribution >= 4 is 49.5 Å². The van der Waals surface area contributed by atoms with Gasteiger partial charge in [0.1, 0.15) is 13.1 Å². The van der Waals surface area contributed by atoms with Crippen LogP contribution in [0.3, 0.4) is 0 Å². The molecule has 1 aliphatic rings. The number of aryl methyl sites for hydroxylation is 1. The number of benzene rings is 2. The average molecular weight is 523 g/mol. The van der Waals surface area contributed by atoms with Crippen molar-refractivity contribution < 1.29 is 22.9 Å². The van der Waals surface area contributed by atoms with Crippen LogP contribution in [-0.4, -0.2) is 47.4 Å². The van der Waals surface area contributed by atoms with E-state index in [4.69, 9.17) is 16.7 Å². The highest BCUT2D eigenvalue weighted by Crippen LogP contribution is 2.26. The van der Waals surface area contributed by atoms with E-state index in [9.17, 15) is 18.3 Å². The van der Waals surface area contributed by atoms with Gasteiger partial charge in [0.25, 0.3) is 0 Å². The van der Waals surface area contributed by atoms with Crippen LogP contribution in [0, 0.1) is 0 Å². The quantitative estimate of drug-likeness (QED) is 0.492. The third-order valence-electron chi connectivity index (χ3n) is 6.26. The SMILES string of the molecule is CC(O)c1cn(C)c(=N[N+]2(C(=O)CCS(=O)(=O)c3ccc4cc(Cl)ccc4c3)CCCCC2)s1. The summed E-state index contributed by atoms with van der Waals surface area (Å²) < 4.78 is 27.9. The largest absolute Gasteiger partial charge is 0.388 e. The fraction of sp³-hybridized carbons (Fsp3) is 0.417. The number of quaternary nitrogens is 1. The van der Waals surface area contributed by atoms with Crippen LogP contribution in [0.4, 0.5) is 0 Å². The number of hydrogen-bond donors (Lipinski definition) is 1. The number of nitrogens with zero attached hydrogens (tertiary/aromatic N) is 3. The molecule has 1 fully saturated rings. The molecule has 7 nitrogen and oxygen atoms in total. The van der Waals surface area contributed by atoms with Crippen LogP contribution in [0.25, 0.3) is 10.8 Å². The Morgan fingerprint density at radius 1 is 1.18 bits per heavy atom. The second-order valence-electron chi connectivity index (χ2n) is 8.85. The first-order chi connectivity index (χ1) is 16.1. The van der Waals surface area contributed by atoms with Crippen LogP contribution in [-0.2, 0) is 21.7 Å². The highest BCUT2D eigenvalue weighted by atomic mass is 35.5. The Kier molecular flexibility index (Phi) is 7.30. The number of carbonyl (C=O) groups is 1. The summed E-state index contributed by atoms with van der Waals surface area (Å²) >= 11 is 7.38. The number of aliphatic hydroxyl groups is 1. The molecule has 0 saturated carbocycles. The summed E-state index contributed by atoms with van der Waals surface area (Å²) in [5.74, 6) is -0.460. The van der Waals surface area contributed by atoms with Crippen molar-refractivity contribution in [2.45, 2.75) is 43.6 Å². The fourth-order valence-corrected chi connectivity index (χ4v) is 6.70. The maximum atomic E-state index is 13.4. The van der Waals surface area contributed by atoms with Gasteiger partial charge in [-0.1, -0.05) is 35.1 Å². The van der Waals surface area contributed by atoms with Gasteiger partial charge in [-0.2, -0.15) is 0 Å². The zero-order valence-electron chi connectivity index (χ0n) is 19.3. The molecule has 3 aromatic rings. The van der Waals surface area contributed by atoms with E-state index in [-0.39, 0.29) is 27.6 Å². The molecule has 182 valence electrons. The Hall–Kier alpha value is -2.04. The highest BCUT2D eigenvalue weighted by Gasteiger charge is 2.39. The summed E-state index contributed by atoms with van der Waals surface area (Å²) in [5.41, 5.74) is 0. The van der Waals surface area contributed by atoms with Crippen molar-refractivity contribution in [2.75, 3.05) is 18.8 Å². The van der Waals surface area contributed by atoms with Crippen LogP contribution in [0.5, 0.6) is 0 Å². The molecule has 2 aromatic carbocycles. The number of aromatic nitrogens is 1. The molecule has 1 amide bonds. The van der Waals surface area contributed by atoms with E-state index in [1.54, 1.807) is 43.3 Å². The maximum absolute atomic E-state index is 13.4. The summed E-state index contributed by atoms with van der Waals surface area (Å²) in [7, 11) is -1.81. The van der Waals surface area contributed by atoms with Crippen molar-refractivity contribution in [3.8, 4) is 0 Å². The molecule has 1 aliphatic heterocycles. The number of hydrogen-bond acceptors (Lipinski definition) is 6. The molecule has 1 saturated heterocycles. The molecule has 4 rings (SSSR count). The lowest BCUT2D eigenvalue weighted by molar-refractivity contribution is -0.869. The van der Waals surface area contributed by atoms with Gasteiger partial charge in [-0.15, -0.1) is 4.59 Å². The Labute approximate surface area is 208 Å². The number of aliphatic hydroxyl groups excluding tert-OH is 1. The minimum atomic E-state index is -3.65. The number of carbonyl (C=O) groups excluding carboxylic acids is 1. The first-order valence-corrected chi connectivity index (χ1v) is 14.2. The van der Waals surface area contributed by atoms with E-state index >= 15 is 0 Å². The number of sulfone groups is 1. The third kappa shape index (κ3) is 5.28. The van der Waals surface area contributed by atoms with Crippen molar-refractivity contribution in [2.24, 2.45) is 12.1 Å². The van der Waals surface area contributed by atoms with Crippen LogP contribution in [0.1, 0.15) is 43.6 Å². The number of halogens is 1. The standard InChI is InChI=1S/C24H29ClN3O4S2/c1-17(29)22-16-27(2)24(33-22)26-28(11-4-3-5-12-28)23(30)10-13-34(31,32)21-9-7-18-14-20(25)8-6-19(18)15-21/h6-9,14-17,29H,3-5,10-13H2,1-2H3/q+1. The third-order valence-corrected chi connectivity index (χ3v) is 9.44. The lowest BCUT2D eigenvalue weighted by Gasteiger charge is -2.32. The van der Waals surface area contributed by atoms with Crippen molar-refractivity contribution in [3.05, 3.63) is 57.3 Å². The monoisotopic (exact) mass is 522 g/mol. The summed E-state index contributed by atoms with van der Waals surface area (Å²) in [6.45, 7) is 2.80. The van der Waals surface area contributed by atoms with Gasteiger partial charge >= 0.3 is 5.91 Å². The van der Waals surface area contributed by atoms with Gasteiger partial charge in [0.15, 0.2) is 9.84 Å². The number of rotatable bonds is 6. The number of amides is 1. The normalized spacial score (nSPS) is 17.7. The molecular weight excluding hydrogens is 494 g/mol. The minimum Gasteiger partial charge on any atom is -0.388 e. The Morgan fingerprint density at radius 3 is 2.53 bits per heavy atom. The molecule has 1 aromatic heterocycles. The van der Waals surface area contributed by atoms with E-state index in [0.29, 0.717) is 22.9 Å². The predicted octanol–water partition coefficient (Wildman–Crippen LogP) is 4.15. The molecular formula is C24H29ClN3O4S2+. The molecule has 1 N–H and O–H groups in total. The Balaban J connectivity index is 1.59. The van der Waals surface area contributed by atoms with E-state index < -0.39 is 15.9 Å². The number of fused-ring (bicyclic) bond motifs is 1. The van der Waals surface area contributed by atoms with Gasteiger partial charge in [-0.05, 0) is 66.3 Å². The highest BCUT2D eigenvalue weighted by molar-refractivity contribution is 7.91. The summed E-state index contributed by atoms with van der Waals surface area (Å²) in [4.78, 5) is 15.1. The molecule has 0 bridgehead atoms. The predicted molar refractivity (Wildman–Crippen MR) is 134 cm³/mol. The van der Waals surface area contributed by atoms with Gasteiger partial charge in [0.05, 0.1) is 28.1 Å². The topological polar surface area (TPSA) is 88.7 Å². The summed E-state index contributed by atoms with van der Waals surface area (Å²) in [6.07, 6.45) is 3.83. The van der Waals surface area contributed by atoms with E-state index in [0.717, 1.165) is 34.9 Å². The molecule has 0 aliphatic carbocycles. The van der Waals surface area contributed by atoms with Gasteiger partial charge in [-0.25, -0.2) is 13.2 Å². The molecule has 34 heavy (non-hydrogen) atoms. The van der Waals surface area contributed by atoms with Gasteiger partial charge in [0, 0.05) is 18.3 Å². The zero-order valence-corrected chi connectivity index (χ0v) is 21.7. The lowest BCUT2D eigenvalue weighted by atomic mass is 10.1.